The molecule has 0 radical (unpaired) electrons. The number of imidazole rings is 1. The van der Waals surface area contributed by atoms with E-state index >= 15 is 0 Å². The van der Waals surface area contributed by atoms with Gasteiger partial charge >= 0.3 is 0 Å². The third-order valence-corrected chi connectivity index (χ3v) is 5.48. The quantitative estimate of drug-likeness (QED) is 0.626. The van der Waals surface area contributed by atoms with Gasteiger partial charge in [-0.15, -0.1) is 0 Å². The van der Waals surface area contributed by atoms with Gasteiger partial charge in [-0.1, -0.05) is 12.1 Å². The summed E-state index contributed by atoms with van der Waals surface area (Å²) >= 11 is 0. The lowest BCUT2D eigenvalue weighted by Gasteiger charge is -2.30. The van der Waals surface area contributed by atoms with Crippen LogP contribution < -0.4 is 15.4 Å². The minimum atomic E-state index is -2.60. The van der Waals surface area contributed by atoms with Crippen molar-refractivity contribution in [1.82, 2.24) is 14.7 Å². The number of pyridine rings is 1. The SMILES string of the molecule is COc1cccc(C(=O)NC2CCC(Nc3cccc4nc(C(F)F)cn34)CC2)c1. The van der Waals surface area contributed by atoms with Crippen molar-refractivity contribution in [3.63, 3.8) is 0 Å². The number of ether oxygens (including phenoxy) is 1. The third kappa shape index (κ3) is 4.37. The van der Waals surface area contributed by atoms with Crippen molar-refractivity contribution in [2.75, 3.05) is 12.4 Å². The maximum absolute atomic E-state index is 13.0. The van der Waals surface area contributed by atoms with Gasteiger partial charge in [0.25, 0.3) is 12.3 Å². The Bertz CT molecular complexity index is 1030. The number of rotatable bonds is 6. The van der Waals surface area contributed by atoms with Gasteiger partial charge in [0.1, 0.15) is 22.9 Å². The number of carbonyl (C=O) groups is 1. The molecule has 1 fully saturated rings. The number of aromatic nitrogens is 2. The van der Waals surface area contributed by atoms with Crippen LogP contribution in [0.1, 0.15) is 48.2 Å². The molecule has 1 saturated carbocycles. The van der Waals surface area contributed by atoms with Crippen molar-refractivity contribution in [2.24, 2.45) is 0 Å². The first-order valence-electron chi connectivity index (χ1n) is 10.0. The highest BCUT2D eigenvalue weighted by Gasteiger charge is 2.23. The zero-order valence-electron chi connectivity index (χ0n) is 16.6. The fourth-order valence-electron chi connectivity index (χ4n) is 3.88. The second kappa shape index (κ2) is 8.69. The summed E-state index contributed by atoms with van der Waals surface area (Å²) < 4.78 is 32.8. The van der Waals surface area contributed by atoms with E-state index in [-0.39, 0.29) is 23.7 Å². The predicted octanol–water partition coefficient (Wildman–Crippen LogP) is 4.43. The molecule has 0 saturated heterocycles. The van der Waals surface area contributed by atoms with Crippen LogP contribution in [0.15, 0.2) is 48.7 Å². The molecule has 8 heteroatoms. The molecule has 2 aromatic heterocycles. The Balaban J connectivity index is 1.35. The standard InChI is InChI=1S/C22H24F2N4O2/c1-30-17-5-2-4-14(12-17)22(29)26-16-10-8-15(9-11-16)25-19-6-3-7-20-27-18(21(23)24)13-28(19)20/h2-7,12-13,15-16,21,25H,8-11H2,1H3,(H,26,29). The molecule has 0 unspecified atom stereocenters. The topological polar surface area (TPSA) is 67.7 Å². The van der Waals surface area contributed by atoms with Crippen molar-refractivity contribution in [1.29, 1.82) is 0 Å². The van der Waals surface area contributed by atoms with E-state index in [4.69, 9.17) is 4.74 Å². The number of nitrogens with one attached hydrogen (secondary N) is 2. The smallest absolute Gasteiger partial charge is 0.281 e. The van der Waals surface area contributed by atoms with E-state index in [1.807, 2.05) is 6.07 Å². The summed E-state index contributed by atoms with van der Waals surface area (Å²) in [4.78, 5) is 16.5. The average molecular weight is 414 g/mol. The fraction of sp³-hybridized carbons (Fsp3) is 0.364. The van der Waals surface area contributed by atoms with Gasteiger partial charge in [0.2, 0.25) is 0 Å². The van der Waals surface area contributed by atoms with E-state index in [1.165, 1.54) is 6.20 Å². The summed E-state index contributed by atoms with van der Waals surface area (Å²) in [6, 6.07) is 12.8. The van der Waals surface area contributed by atoms with E-state index in [0.29, 0.717) is 17.0 Å². The highest BCUT2D eigenvalue weighted by molar-refractivity contribution is 5.94. The minimum Gasteiger partial charge on any atom is -0.497 e. The van der Waals surface area contributed by atoms with Gasteiger partial charge in [-0.2, -0.15) is 0 Å². The number of methoxy groups -OCH3 is 1. The lowest BCUT2D eigenvalue weighted by Crippen LogP contribution is -2.40. The maximum Gasteiger partial charge on any atom is 0.281 e. The number of hydrogen-bond acceptors (Lipinski definition) is 4. The van der Waals surface area contributed by atoms with E-state index in [2.05, 4.69) is 15.6 Å². The summed E-state index contributed by atoms with van der Waals surface area (Å²) in [5, 5.41) is 6.54. The van der Waals surface area contributed by atoms with E-state index < -0.39 is 6.43 Å². The normalized spacial score (nSPS) is 19.1. The Morgan fingerprint density at radius 3 is 2.60 bits per heavy atom. The molecule has 4 rings (SSSR count). The zero-order valence-corrected chi connectivity index (χ0v) is 16.6. The molecular formula is C22H24F2N4O2. The molecule has 2 N–H and O–H groups in total. The number of amides is 1. The second-order valence-electron chi connectivity index (χ2n) is 7.50. The average Bonchev–Trinajstić information content (AvgIpc) is 3.21. The number of fused-ring (bicyclic) bond motifs is 1. The highest BCUT2D eigenvalue weighted by atomic mass is 19.3. The lowest BCUT2D eigenvalue weighted by molar-refractivity contribution is 0.0926. The number of halogens is 2. The Labute approximate surface area is 173 Å². The first-order valence-corrected chi connectivity index (χ1v) is 10.0. The number of hydrogen-bond donors (Lipinski definition) is 2. The largest absolute Gasteiger partial charge is 0.497 e. The van der Waals surface area contributed by atoms with Gasteiger partial charge in [0.05, 0.1) is 7.11 Å². The third-order valence-electron chi connectivity index (χ3n) is 5.48. The van der Waals surface area contributed by atoms with Gasteiger partial charge < -0.3 is 15.4 Å². The van der Waals surface area contributed by atoms with Crippen LogP contribution in [-0.2, 0) is 0 Å². The van der Waals surface area contributed by atoms with E-state index in [0.717, 1.165) is 31.5 Å². The van der Waals surface area contributed by atoms with Gasteiger partial charge in [0, 0.05) is 23.8 Å². The van der Waals surface area contributed by atoms with Crippen molar-refractivity contribution in [3.8, 4) is 5.75 Å². The van der Waals surface area contributed by atoms with Gasteiger partial charge in [-0.05, 0) is 56.0 Å². The van der Waals surface area contributed by atoms with Crippen molar-refractivity contribution in [3.05, 3.63) is 59.9 Å². The molecule has 1 aromatic carbocycles. The van der Waals surface area contributed by atoms with Gasteiger partial charge in [0.15, 0.2) is 0 Å². The molecule has 2 heterocycles. The number of anilines is 1. The monoisotopic (exact) mass is 414 g/mol. The van der Waals surface area contributed by atoms with Crippen molar-refractivity contribution in [2.45, 2.75) is 44.2 Å². The van der Waals surface area contributed by atoms with Crippen LogP contribution in [0.5, 0.6) is 5.75 Å². The molecule has 0 spiro atoms. The van der Waals surface area contributed by atoms with Crippen molar-refractivity contribution >= 4 is 17.4 Å². The molecule has 1 aliphatic rings. The molecule has 0 atom stereocenters. The van der Waals surface area contributed by atoms with Gasteiger partial charge in [-0.25, -0.2) is 13.8 Å². The lowest BCUT2D eigenvalue weighted by atomic mass is 9.91. The van der Waals surface area contributed by atoms with Crippen LogP contribution in [0.25, 0.3) is 5.65 Å². The number of alkyl halides is 2. The first kappa shape index (κ1) is 20.1. The predicted molar refractivity (Wildman–Crippen MR) is 110 cm³/mol. The Kier molecular flexibility index (Phi) is 5.83. The Hall–Kier alpha value is -3.16. The molecule has 30 heavy (non-hydrogen) atoms. The molecular weight excluding hydrogens is 390 g/mol. The Morgan fingerprint density at radius 2 is 1.87 bits per heavy atom. The van der Waals surface area contributed by atoms with Gasteiger partial charge in [-0.3, -0.25) is 9.20 Å². The molecule has 0 aliphatic heterocycles. The number of nitrogens with zero attached hydrogens (tertiary/aromatic N) is 2. The summed E-state index contributed by atoms with van der Waals surface area (Å²) in [5.74, 6) is 1.29. The van der Waals surface area contributed by atoms with Crippen LogP contribution >= 0.6 is 0 Å². The molecule has 1 amide bonds. The molecule has 158 valence electrons. The zero-order chi connectivity index (χ0) is 21.1. The van der Waals surface area contributed by atoms with Crippen molar-refractivity contribution < 1.29 is 18.3 Å². The van der Waals surface area contributed by atoms with Crippen LogP contribution in [0.4, 0.5) is 14.6 Å². The number of benzene rings is 1. The molecule has 0 bridgehead atoms. The first-order chi connectivity index (χ1) is 14.5. The Morgan fingerprint density at radius 1 is 1.13 bits per heavy atom. The maximum atomic E-state index is 13.0. The van der Waals surface area contributed by atoms with E-state index in [9.17, 15) is 13.6 Å². The van der Waals surface area contributed by atoms with E-state index in [1.54, 1.807) is 47.9 Å². The summed E-state index contributed by atoms with van der Waals surface area (Å²) in [6.07, 6.45) is 2.21. The molecule has 1 aliphatic carbocycles. The molecule has 6 nitrogen and oxygen atoms in total. The summed E-state index contributed by atoms with van der Waals surface area (Å²) in [6.45, 7) is 0. The van der Waals surface area contributed by atoms with Crippen LogP contribution in [0.2, 0.25) is 0 Å². The fourth-order valence-corrected chi connectivity index (χ4v) is 3.88. The van der Waals surface area contributed by atoms with Crippen LogP contribution in [0.3, 0.4) is 0 Å². The number of carbonyl (C=O) groups excluding carboxylic acids is 1. The highest BCUT2D eigenvalue weighted by Crippen LogP contribution is 2.25. The second-order valence-corrected chi connectivity index (χ2v) is 7.50. The summed E-state index contributed by atoms with van der Waals surface area (Å²) in [7, 11) is 1.57. The minimum absolute atomic E-state index is 0.104. The summed E-state index contributed by atoms with van der Waals surface area (Å²) in [5.41, 5.74) is 0.846. The van der Waals surface area contributed by atoms with Crippen LogP contribution in [0, 0.1) is 0 Å². The molecule has 3 aromatic rings. The van der Waals surface area contributed by atoms with Crippen LogP contribution in [-0.4, -0.2) is 34.5 Å².